The van der Waals surface area contributed by atoms with Crippen LogP contribution in [-0.2, 0) is 4.79 Å². The molecule has 0 saturated carbocycles. The van der Waals surface area contributed by atoms with Crippen molar-refractivity contribution in [3.8, 4) is 5.75 Å². The zero-order chi connectivity index (χ0) is 12.4. The third-order valence-corrected chi connectivity index (χ3v) is 2.83. The number of hydrogen-bond acceptors (Lipinski definition) is 3. The minimum Gasteiger partial charge on any atom is -0.508 e. The molecule has 1 atom stereocenters. The second-order valence-corrected chi connectivity index (χ2v) is 3.85. The van der Waals surface area contributed by atoms with Crippen LogP contribution in [0.25, 0.3) is 10.8 Å². The summed E-state index contributed by atoms with van der Waals surface area (Å²) in [6.45, 7) is -0.0447. The predicted molar refractivity (Wildman–Crippen MR) is 65.0 cm³/mol. The van der Waals surface area contributed by atoms with E-state index in [4.69, 9.17) is 10.8 Å². The largest absolute Gasteiger partial charge is 0.508 e. The van der Waals surface area contributed by atoms with Crippen molar-refractivity contribution in [1.82, 2.24) is 0 Å². The molecule has 0 amide bonds. The SMILES string of the molecule is NCC(C(=O)O)c1c(O)ccc2ccccc12. The number of phenols is 1. The molecule has 0 aliphatic heterocycles. The van der Waals surface area contributed by atoms with E-state index in [1.165, 1.54) is 6.07 Å². The normalized spacial score (nSPS) is 12.5. The van der Waals surface area contributed by atoms with Crippen molar-refractivity contribution in [1.29, 1.82) is 0 Å². The third kappa shape index (κ3) is 1.94. The van der Waals surface area contributed by atoms with Gasteiger partial charge < -0.3 is 15.9 Å². The first-order valence-corrected chi connectivity index (χ1v) is 5.28. The lowest BCUT2D eigenvalue weighted by Crippen LogP contribution is -2.21. The predicted octanol–water partition coefficient (Wildman–Crippen LogP) is 1.67. The molecule has 2 rings (SSSR count). The van der Waals surface area contributed by atoms with Crippen molar-refractivity contribution < 1.29 is 15.0 Å². The highest BCUT2D eigenvalue weighted by Crippen LogP contribution is 2.33. The third-order valence-electron chi connectivity index (χ3n) is 2.83. The first kappa shape index (κ1) is 11.4. The van der Waals surface area contributed by atoms with Gasteiger partial charge >= 0.3 is 5.97 Å². The van der Waals surface area contributed by atoms with Crippen LogP contribution >= 0.6 is 0 Å². The van der Waals surface area contributed by atoms with Gasteiger partial charge in [0.1, 0.15) is 5.75 Å². The molecule has 17 heavy (non-hydrogen) atoms. The summed E-state index contributed by atoms with van der Waals surface area (Å²) in [5.74, 6) is -1.94. The van der Waals surface area contributed by atoms with Gasteiger partial charge in [-0.1, -0.05) is 30.3 Å². The van der Waals surface area contributed by atoms with Gasteiger partial charge in [-0.2, -0.15) is 0 Å². The van der Waals surface area contributed by atoms with Crippen molar-refractivity contribution in [3.63, 3.8) is 0 Å². The van der Waals surface area contributed by atoms with Crippen molar-refractivity contribution >= 4 is 16.7 Å². The Morgan fingerprint density at radius 2 is 1.94 bits per heavy atom. The molecule has 88 valence electrons. The lowest BCUT2D eigenvalue weighted by atomic mass is 9.92. The quantitative estimate of drug-likeness (QED) is 0.750. The van der Waals surface area contributed by atoms with Gasteiger partial charge in [-0.25, -0.2) is 0 Å². The summed E-state index contributed by atoms with van der Waals surface area (Å²) < 4.78 is 0. The molecule has 4 N–H and O–H groups in total. The molecular weight excluding hydrogens is 218 g/mol. The van der Waals surface area contributed by atoms with Gasteiger partial charge in [0.2, 0.25) is 0 Å². The van der Waals surface area contributed by atoms with Crippen molar-refractivity contribution in [2.45, 2.75) is 5.92 Å². The molecule has 0 aliphatic rings. The first-order chi connectivity index (χ1) is 8.15. The van der Waals surface area contributed by atoms with Crippen LogP contribution in [0.2, 0.25) is 0 Å². The van der Waals surface area contributed by atoms with Crippen LogP contribution in [0.3, 0.4) is 0 Å². The fraction of sp³-hybridized carbons (Fsp3) is 0.154. The minimum absolute atomic E-state index is 0.0263. The Kier molecular flexibility index (Phi) is 2.97. The lowest BCUT2D eigenvalue weighted by molar-refractivity contribution is -0.138. The smallest absolute Gasteiger partial charge is 0.312 e. The number of rotatable bonds is 3. The van der Waals surface area contributed by atoms with Crippen LogP contribution in [0.1, 0.15) is 11.5 Å². The maximum atomic E-state index is 11.1. The van der Waals surface area contributed by atoms with E-state index < -0.39 is 11.9 Å². The van der Waals surface area contributed by atoms with E-state index in [9.17, 15) is 9.90 Å². The Labute approximate surface area is 98.3 Å². The second-order valence-electron chi connectivity index (χ2n) is 3.85. The fourth-order valence-electron chi connectivity index (χ4n) is 1.99. The van der Waals surface area contributed by atoms with Gasteiger partial charge in [-0.3, -0.25) is 4.79 Å². The van der Waals surface area contributed by atoms with E-state index >= 15 is 0 Å². The Bertz CT molecular complexity index is 566. The molecule has 2 aromatic rings. The Balaban J connectivity index is 2.73. The van der Waals surface area contributed by atoms with E-state index in [1.54, 1.807) is 18.2 Å². The molecule has 0 heterocycles. The zero-order valence-corrected chi connectivity index (χ0v) is 9.13. The molecule has 0 spiro atoms. The van der Waals surface area contributed by atoms with Crippen molar-refractivity contribution in [3.05, 3.63) is 42.0 Å². The molecule has 2 aromatic carbocycles. The number of fused-ring (bicyclic) bond motifs is 1. The van der Waals surface area contributed by atoms with E-state index in [0.717, 1.165) is 10.8 Å². The van der Waals surface area contributed by atoms with Crippen LogP contribution in [0.15, 0.2) is 36.4 Å². The molecule has 4 heteroatoms. The van der Waals surface area contributed by atoms with E-state index in [-0.39, 0.29) is 12.3 Å². The maximum Gasteiger partial charge on any atom is 0.312 e. The second kappa shape index (κ2) is 4.43. The first-order valence-electron chi connectivity index (χ1n) is 5.28. The summed E-state index contributed by atoms with van der Waals surface area (Å²) in [6, 6.07) is 10.6. The molecule has 0 aliphatic carbocycles. The number of nitrogens with two attached hydrogens (primary N) is 1. The van der Waals surface area contributed by atoms with E-state index in [0.29, 0.717) is 5.56 Å². The van der Waals surface area contributed by atoms with E-state index in [2.05, 4.69) is 0 Å². The summed E-state index contributed by atoms with van der Waals surface area (Å²) >= 11 is 0. The summed E-state index contributed by atoms with van der Waals surface area (Å²) in [7, 11) is 0. The number of aliphatic carboxylic acids is 1. The standard InChI is InChI=1S/C13H13NO3/c14-7-10(13(16)17)12-9-4-2-1-3-8(9)5-6-11(12)15/h1-6,10,15H,7,14H2,(H,16,17). The molecule has 0 aromatic heterocycles. The fourth-order valence-corrected chi connectivity index (χ4v) is 1.99. The highest BCUT2D eigenvalue weighted by atomic mass is 16.4. The summed E-state index contributed by atoms with van der Waals surface area (Å²) in [5, 5.41) is 20.6. The number of phenolic OH excluding ortho intramolecular Hbond substituents is 1. The van der Waals surface area contributed by atoms with Crippen LogP contribution in [-0.4, -0.2) is 22.7 Å². The van der Waals surface area contributed by atoms with Crippen LogP contribution in [0, 0.1) is 0 Å². The van der Waals surface area contributed by atoms with E-state index in [1.807, 2.05) is 12.1 Å². The zero-order valence-electron chi connectivity index (χ0n) is 9.13. The Morgan fingerprint density at radius 3 is 2.59 bits per heavy atom. The summed E-state index contributed by atoms with van der Waals surface area (Å²) in [6.07, 6.45) is 0. The number of benzene rings is 2. The van der Waals surface area contributed by atoms with Crippen LogP contribution < -0.4 is 5.73 Å². The Morgan fingerprint density at radius 1 is 1.24 bits per heavy atom. The number of carboxylic acids is 1. The number of carbonyl (C=O) groups is 1. The molecule has 0 saturated heterocycles. The molecular formula is C13H13NO3. The van der Waals surface area contributed by atoms with Crippen LogP contribution in [0.5, 0.6) is 5.75 Å². The van der Waals surface area contributed by atoms with Crippen LogP contribution in [0.4, 0.5) is 0 Å². The number of aromatic hydroxyl groups is 1. The molecule has 1 unspecified atom stereocenters. The minimum atomic E-state index is -1.03. The maximum absolute atomic E-state index is 11.1. The van der Waals surface area contributed by atoms with Gasteiger partial charge in [0.05, 0.1) is 5.92 Å². The van der Waals surface area contributed by atoms with Gasteiger partial charge in [0.25, 0.3) is 0 Å². The lowest BCUT2D eigenvalue weighted by Gasteiger charge is -2.14. The molecule has 0 fully saturated rings. The van der Waals surface area contributed by atoms with Gasteiger partial charge in [-0.05, 0) is 16.8 Å². The summed E-state index contributed by atoms with van der Waals surface area (Å²) in [5.41, 5.74) is 5.86. The average molecular weight is 231 g/mol. The highest BCUT2D eigenvalue weighted by Gasteiger charge is 2.23. The molecule has 0 radical (unpaired) electrons. The highest BCUT2D eigenvalue weighted by molar-refractivity contribution is 5.92. The van der Waals surface area contributed by atoms with Gasteiger partial charge in [-0.15, -0.1) is 0 Å². The molecule has 4 nitrogen and oxygen atoms in total. The number of hydrogen-bond donors (Lipinski definition) is 3. The topological polar surface area (TPSA) is 83.6 Å². The monoisotopic (exact) mass is 231 g/mol. The molecule has 0 bridgehead atoms. The van der Waals surface area contributed by atoms with Gasteiger partial charge in [0.15, 0.2) is 0 Å². The van der Waals surface area contributed by atoms with Gasteiger partial charge in [0, 0.05) is 12.1 Å². The average Bonchev–Trinajstić information content (AvgIpc) is 2.32. The van der Waals surface area contributed by atoms with Crippen molar-refractivity contribution in [2.75, 3.05) is 6.54 Å². The van der Waals surface area contributed by atoms with Crippen molar-refractivity contribution in [2.24, 2.45) is 5.73 Å². The number of carboxylic acid groups (broad SMARTS) is 1. The summed E-state index contributed by atoms with van der Waals surface area (Å²) in [4.78, 5) is 11.1. The Hall–Kier alpha value is -2.07.